The molecule has 1 aliphatic rings. The maximum absolute atomic E-state index is 5.93. The van der Waals surface area contributed by atoms with Crippen LogP contribution < -0.4 is 10.1 Å². The average Bonchev–Trinajstić information content (AvgIpc) is 2.59. The molecule has 1 aromatic heterocycles. The van der Waals surface area contributed by atoms with Crippen LogP contribution in [-0.4, -0.2) is 40.6 Å². The number of ether oxygens (including phenoxy) is 1. The number of likely N-dealkylation sites (tertiary alicyclic amines) is 1. The molecule has 0 spiro atoms. The lowest BCUT2D eigenvalue weighted by molar-refractivity contribution is 0.211. The Morgan fingerprint density at radius 2 is 1.96 bits per heavy atom. The van der Waals surface area contributed by atoms with Crippen LogP contribution in [0.4, 0.5) is 5.82 Å². The van der Waals surface area contributed by atoms with Gasteiger partial charge in [0.1, 0.15) is 16.7 Å². The topological polar surface area (TPSA) is 50.3 Å². The molecule has 0 aliphatic carbocycles. The van der Waals surface area contributed by atoms with Gasteiger partial charge in [-0.3, -0.25) is 4.90 Å². The van der Waals surface area contributed by atoms with Crippen molar-refractivity contribution in [3.63, 3.8) is 0 Å². The van der Waals surface area contributed by atoms with E-state index in [0.29, 0.717) is 23.6 Å². The van der Waals surface area contributed by atoms with Gasteiger partial charge in [0.2, 0.25) is 5.28 Å². The van der Waals surface area contributed by atoms with Crippen molar-refractivity contribution in [1.29, 1.82) is 0 Å². The van der Waals surface area contributed by atoms with Crippen LogP contribution in [0.1, 0.15) is 30.9 Å². The van der Waals surface area contributed by atoms with Crippen LogP contribution in [0, 0.1) is 6.92 Å². The van der Waals surface area contributed by atoms with E-state index in [-0.39, 0.29) is 5.28 Å². The average molecular weight is 395 g/mol. The van der Waals surface area contributed by atoms with Gasteiger partial charge in [-0.25, -0.2) is 9.97 Å². The van der Waals surface area contributed by atoms with E-state index in [9.17, 15) is 0 Å². The number of benzene rings is 1. The maximum atomic E-state index is 5.93. The Bertz CT molecular complexity index is 728. The molecule has 5 nitrogen and oxygen atoms in total. The highest BCUT2D eigenvalue weighted by atomic mass is 35.5. The Morgan fingerprint density at radius 3 is 2.65 bits per heavy atom. The summed E-state index contributed by atoms with van der Waals surface area (Å²) in [7, 11) is 0. The Morgan fingerprint density at radius 1 is 1.19 bits per heavy atom. The summed E-state index contributed by atoms with van der Waals surface area (Å²) in [4.78, 5) is 10.5. The molecule has 1 saturated heterocycles. The van der Waals surface area contributed by atoms with E-state index in [1.807, 2.05) is 6.92 Å². The maximum Gasteiger partial charge on any atom is 0.225 e. The summed E-state index contributed by atoms with van der Waals surface area (Å²) in [5.41, 5.74) is 2.47. The second-order valence-corrected chi connectivity index (χ2v) is 7.30. The zero-order valence-corrected chi connectivity index (χ0v) is 16.6. The van der Waals surface area contributed by atoms with E-state index in [2.05, 4.69) is 45.3 Å². The van der Waals surface area contributed by atoms with Gasteiger partial charge in [-0.05, 0) is 55.5 Å². The van der Waals surface area contributed by atoms with Crippen molar-refractivity contribution in [1.82, 2.24) is 14.9 Å². The highest BCUT2D eigenvalue weighted by molar-refractivity contribution is 6.32. The van der Waals surface area contributed by atoms with Gasteiger partial charge in [0.15, 0.2) is 0 Å². The summed E-state index contributed by atoms with van der Waals surface area (Å²) in [6.07, 6.45) is 2.09. The molecular weight excluding hydrogens is 371 g/mol. The minimum atomic E-state index is 0.168. The number of anilines is 1. The van der Waals surface area contributed by atoms with E-state index in [1.54, 1.807) is 6.07 Å². The molecule has 140 valence electrons. The number of rotatable bonds is 6. The molecule has 7 heteroatoms. The molecule has 0 saturated carbocycles. The van der Waals surface area contributed by atoms with Gasteiger partial charge in [0, 0.05) is 31.7 Å². The van der Waals surface area contributed by atoms with E-state index < -0.39 is 0 Å². The van der Waals surface area contributed by atoms with Crippen molar-refractivity contribution in [2.45, 2.75) is 39.3 Å². The zero-order chi connectivity index (χ0) is 18.5. The van der Waals surface area contributed by atoms with Crippen molar-refractivity contribution in [2.75, 3.05) is 25.0 Å². The largest absolute Gasteiger partial charge is 0.494 e. The number of hydrogen-bond donors (Lipinski definition) is 1. The molecule has 0 atom stereocenters. The molecule has 3 rings (SSSR count). The molecule has 1 fully saturated rings. The number of piperidine rings is 1. The second-order valence-electron chi connectivity index (χ2n) is 6.57. The molecule has 2 heterocycles. The van der Waals surface area contributed by atoms with Crippen LogP contribution in [0.15, 0.2) is 24.3 Å². The lowest BCUT2D eigenvalue weighted by atomic mass is 10.0. The van der Waals surface area contributed by atoms with Crippen LogP contribution in [-0.2, 0) is 6.54 Å². The fraction of sp³-hybridized carbons (Fsp3) is 0.474. The third-order valence-corrected chi connectivity index (χ3v) is 4.93. The Labute approximate surface area is 164 Å². The van der Waals surface area contributed by atoms with E-state index in [0.717, 1.165) is 38.2 Å². The second kappa shape index (κ2) is 8.89. The smallest absolute Gasteiger partial charge is 0.225 e. The van der Waals surface area contributed by atoms with E-state index in [4.69, 9.17) is 27.9 Å². The molecule has 1 N–H and O–H groups in total. The van der Waals surface area contributed by atoms with Gasteiger partial charge in [0.05, 0.1) is 6.61 Å². The van der Waals surface area contributed by atoms with Gasteiger partial charge >= 0.3 is 0 Å². The highest BCUT2D eigenvalue weighted by Gasteiger charge is 2.20. The predicted octanol–water partition coefficient (Wildman–Crippen LogP) is 4.57. The first-order valence-electron chi connectivity index (χ1n) is 8.95. The molecule has 0 radical (unpaired) electrons. The molecule has 1 aliphatic heterocycles. The van der Waals surface area contributed by atoms with Gasteiger partial charge in [-0.2, -0.15) is 0 Å². The first kappa shape index (κ1) is 19.2. The molecule has 26 heavy (non-hydrogen) atoms. The van der Waals surface area contributed by atoms with Crippen molar-refractivity contribution in [3.05, 3.63) is 45.8 Å². The van der Waals surface area contributed by atoms with Crippen LogP contribution in [0.2, 0.25) is 10.4 Å². The summed E-state index contributed by atoms with van der Waals surface area (Å²) in [6.45, 7) is 7.79. The minimum absolute atomic E-state index is 0.168. The van der Waals surface area contributed by atoms with Gasteiger partial charge in [0.25, 0.3) is 0 Å². The lowest BCUT2D eigenvalue weighted by Crippen LogP contribution is -2.38. The number of hydrogen-bond acceptors (Lipinski definition) is 5. The summed E-state index contributed by atoms with van der Waals surface area (Å²) >= 11 is 11.8. The third kappa shape index (κ3) is 5.22. The summed E-state index contributed by atoms with van der Waals surface area (Å²) in [5.74, 6) is 1.67. The zero-order valence-electron chi connectivity index (χ0n) is 15.1. The minimum Gasteiger partial charge on any atom is -0.494 e. The van der Waals surface area contributed by atoms with Crippen molar-refractivity contribution in [3.8, 4) is 5.75 Å². The van der Waals surface area contributed by atoms with Crippen LogP contribution >= 0.6 is 23.2 Å². The molecular formula is C19H24Cl2N4O. The molecule has 0 amide bonds. The van der Waals surface area contributed by atoms with Crippen molar-refractivity contribution >= 4 is 29.0 Å². The molecule has 2 aromatic rings. The quantitative estimate of drug-likeness (QED) is 0.574. The Kier molecular flexibility index (Phi) is 6.57. The number of nitrogens with one attached hydrogen (secondary N) is 1. The first-order valence-corrected chi connectivity index (χ1v) is 9.70. The fourth-order valence-corrected chi connectivity index (χ4v) is 3.63. The number of nitrogens with zero attached hydrogens (tertiary/aromatic N) is 3. The monoisotopic (exact) mass is 394 g/mol. The van der Waals surface area contributed by atoms with Crippen molar-refractivity contribution < 1.29 is 4.74 Å². The first-order chi connectivity index (χ1) is 12.5. The van der Waals surface area contributed by atoms with Crippen LogP contribution in [0.5, 0.6) is 5.75 Å². The normalized spacial score (nSPS) is 15.8. The Balaban J connectivity index is 1.53. The van der Waals surface area contributed by atoms with Gasteiger partial charge < -0.3 is 10.1 Å². The standard InChI is InChI=1S/C19H24Cl2N4O/c1-3-26-16-10-14(5-4-13(16)2)12-25-8-6-15(7-9-25)22-18-11-17(20)23-19(21)24-18/h4-5,10-11,15H,3,6-9,12H2,1-2H3,(H,22,23,24). The van der Waals surface area contributed by atoms with Crippen LogP contribution in [0.25, 0.3) is 0 Å². The third-order valence-electron chi connectivity index (χ3n) is 4.57. The highest BCUT2D eigenvalue weighted by Crippen LogP contribution is 2.23. The van der Waals surface area contributed by atoms with Gasteiger partial charge in [-0.15, -0.1) is 0 Å². The number of aromatic nitrogens is 2. The molecule has 1 aromatic carbocycles. The van der Waals surface area contributed by atoms with Crippen LogP contribution in [0.3, 0.4) is 0 Å². The number of aryl methyl sites for hydroxylation is 1. The molecule has 0 unspecified atom stereocenters. The van der Waals surface area contributed by atoms with E-state index >= 15 is 0 Å². The summed E-state index contributed by atoms with van der Waals surface area (Å²) in [5, 5.41) is 3.94. The predicted molar refractivity (Wildman–Crippen MR) is 106 cm³/mol. The SMILES string of the molecule is CCOc1cc(CN2CCC(Nc3cc(Cl)nc(Cl)n3)CC2)ccc1C. The van der Waals surface area contributed by atoms with Gasteiger partial charge in [-0.1, -0.05) is 23.7 Å². The fourth-order valence-electron chi connectivity index (χ4n) is 3.22. The number of halogens is 2. The Hall–Kier alpha value is -1.56. The lowest BCUT2D eigenvalue weighted by Gasteiger charge is -2.32. The van der Waals surface area contributed by atoms with Crippen molar-refractivity contribution in [2.24, 2.45) is 0 Å². The summed E-state index contributed by atoms with van der Waals surface area (Å²) < 4.78 is 5.71. The van der Waals surface area contributed by atoms with E-state index in [1.165, 1.54) is 11.1 Å². The molecule has 0 bridgehead atoms. The summed E-state index contributed by atoms with van der Waals surface area (Å²) in [6, 6.07) is 8.56.